The summed E-state index contributed by atoms with van der Waals surface area (Å²) in [7, 11) is 0. The van der Waals surface area contributed by atoms with Crippen LogP contribution in [0, 0.1) is 5.82 Å². The van der Waals surface area contributed by atoms with Gasteiger partial charge in [-0.05, 0) is 43.4 Å². The van der Waals surface area contributed by atoms with Gasteiger partial charge in [0, 0.05) is 29.6 Å². The zero-order valence-electron chi connectivity index (χ0n) is 15.4. The second kappa shape index (κ2) is 10.4. The molecule has 1 aromatic heterocycles. The van der Waals surface area contributed by atoms with Crippen molar-refractivity contribution in [3.05, 3.63) is 77.9 Å². The molecule has 0 aliphatic rings. The number of nitrogens with one attached hydrogen (secondary N) is 1. The van der Waals surface area contributed by atoms with E-state index in [0.29, 0.717) is 18.0 Å². The number of fused-ring (bicyclic) bond motifs is 1. The van der Waals surface area contributed by atoms with Crippen molar-refractivity contribution in [2.45, 2.75) is 44.9 Å². The lowest BCUT2D eigenvalue weighted by Crippen LogP contribution is -2.25. The summed E-state index contributed by atoms with van der Waals surface area (Å²) in [6.45, 7) is 2.83. The van der Waals surface area contributed by atoms with Crippen molar-refractivity contribution in [3.63, 3.8) is 0 Å². The second-order valence-electron chi connectivity index (χ2n) is 6.82. The number of rotatable bonds is 8. The first kappa shape index (κ1) is 21.3. The fraction of sp³-hybridized carbons (Fsp3) is 0.318. The monoisotopic (exact) mass is 388 g/mol. The minimum atomic E-state index is -0.402. The van der Waals surface area contributed by atoms with E-state index >= 15 is 0 Å². The smallest absolute Gasteiger partial charge is 0.149 e. The van der Waals surface area contributed by atoms with Gasteiger partial charge in [0.2, 0.25) is 0 Å². The molecule has 0 spiro atoms. The number of nitrogens with zero attached hydrogens (tertiary/aromatic N) is 1. The molecule has 1 heterocycles. The molecule has 1 unspecified atom stereocenters. The maximum atomic E-state index is 13.8. The van der Waals surface area contributed by atoms with E-state index in [0.717, 1.165) is 35.8 Å². The first-order valence-electron chi connectivity index (χ1n) is 9.12. The molecule has 27 heavy (non-hydrogen) atoms. The first-order chi connectivity index (χ1) is 12.6. The largest absolute Gasteiger partial charge is 0.388 e. The molecule has 0 bridgehead atoms. The van der Waals surface area contributed by atoms with Crippen LogP contribution in [0.1, 0.15) is 43.4 Å². The second-order valence-corrected chi connectivity index (χ2v) is 6.82. The fourth-order valence-electron chi connectivity index (χ4n) is 3.14. The minimum Gasteiger partial charge on any atom is -0.388 e. The molecule has 144 valence electrons. The van der Waals surface area contributed by atoms with Gasteiger partial charge in [-0.25, -0.2) is 4.39 Å². The Bertz CT molecular complexity index is 844. The van der Waals surface area contributed by atoms with Gasteiger partial charge in [0.05, 0.1) is 12.3 Å². The van der Waals surface area contributed by atoms with Crippen LogP contribution >= 0.6 is 12.4 Å². The van der Waals surface area contributed by atoms with E-state index in [1.54, 1.807) is 6.20 Å². The van der Waals surface area contributed by atoms with Gasteiger partial charge in [0.15, 0.2) is 0 Å². The lowest BCUT2D eigenvalue weighted by atomic mass is 10.0. The zero-order chi connectivity index (χ0) is 18.4. The van der Waals surface area contributed by atoms with Crippen molar-refractivity contribution in [1.29, 1.82) is 0 Å². The summed E-state index contributed by atoms with van der Waals surface area (Å²) < 4.78 is 13.8. The lowest BCUT2D eigenvalue weighted by molar-refractivity contribution is 0.162. The molecule has 0 saturated carbocycles. The van der Waals surface area contributed by atoms with E-state index in [9.17, 15) is 9.50 Å². The van der Waals surface area contributed by atoms with Gasteiger partial charge in [-0.15, -0.1) is 12.4 Å². The standard InChI is InChI=1S/C22H25FN2O.ClH/c1-16(6-5-9-22(26)18-7-3-2-4-8-18)25-13-17-10-11-19-14-24-15-21(23)20(19)12-17;/h2-4,7-8,10-12,14-16,22,25-26H,5-6,9,13H2,1H3;1H/t16-,22?;/m1./s1. The molecule has 3 aromatic rings. The van der Waals surface area contributed by atoms with Crippen molar-refractivity contribution in [2.75, 3.05) is 0 Å². The molecule has 2 N–H and O–H groups in total. The molecular formula is C22H26ClFN2O. The molecule has 0 aliphatic carbocycles. The fourth-order valence-corrected chi connectivity index (χ4v) is 3.14. The van der Waals surface area contributed by atoms with Crippen LogP contribution in [-0.4, -0.2) is 16.1 Å². The van der Waals surface area contributed by atoms with Gasteiger partial charge < -0.3 is 10.4 Å². The predicted molar refractivity (Wildman–Crippen MR) is 111 cm³/mol. The molecule has 0 aliphatic heterocycles. The molecule has 3 rings (SSSR count). The van der Waals surface area contributed by atoms with Crippen LogP contribution in [0.2, 0.25) is 0 Å². The Kier molecular flexibility index (Phi) is 8.17. The van der Waals surface area contributed by atoms with Gasteiger partial charge >= 0.3 is 0 Å². The molecule has 0 amide bonds. The summed E-state index contributed by atoms with van der Waals surface area (Å²) in [5, 5.41) is 15.1. The molecular weight excluding hydrogens is 363 g/mol. The number of aliphatic hydroxyl groups is 1. The molecule has 5 heteroatoms. The predicted octanol–water partition coefficient (Wildman–Crippen LogP) is 5.18. The van der Waals surface area contributed by atoms with E-state index in [-0.39, 0.29) is 18.2 Å². The van der Waals surface area contributed by atoms with Crippen LogP contribution in [-0.2, 0) is 6.54 Å². The summed E-state index contributed by atoms with van der Waals surface area (Å²) in [5.74, 6) is -0.285. The van der Waals surface area contributed by atoms with E-state index in [4.69, 9.17) is 0 Å². The van der Waals surface area contributed by atoms with Crippen LogP contribution in [0.25, 0.3) is 10.8 Å². The third kappa shape index (κ3) is 5.99. The Morgan fingerprint density at radius 2 is 1.85 bits per heavy atom. The van der Waals surface area contributed by atoms with Crippen molar-refractivity contribution in [1.82, 2.24) is 10.3 Å². The number of aromatic nitrogens is 1. The summed E-state index contributed by atoms with van der Waals surface area (Å²) in [4.78, 5) is 3.88. The van der Waals surface area contributed by atoms with E-state index in [1.807, 2.05) is 48.5 Å². The minimum absolute atomic E-state index is 0. The molecule has 0 saturated heterocycles. The summed E-state index contributed by atoms with van der Waals surface area (Å²) >= 11 is 0. The highest BCUT2D eigenvalue weighted by atomic mass is 35.5. The zero-order valence-corrected chi connectivity index (χ0v) is 16.3. The van der Waals surface area contributed by atoms with Gasteiger partial charge in [0.1, 0.15) is 5.82 Å². The van der Waals surface area contributed by atoms with E-state index in [1.165, 1.54) is 6.20 Å². The molecule has 3 nitrogen and oxygen atoms in total. The molecule has 0 fully saturated rings. The number of hydrogen-bond donors (Lipinski definition) is 2. The third-order valence-electron chi connectivity index (χ3n) is 4.73. The van der Waals surface area contributed by atoms with Crippen LogP contribution in [0.15, 0.2) is 60.9 Å². The van der Waals surface area contributed by atoms with Crippen LogP contribution in [0.5, 0.6) is 0 Å². The van der Waals surface area contributed by atoms with Gasteiger partial charge in [-0.2, -0.15) is 0 Å². The van der Waals surface area contributed by atoms with Crippen LogP contribution in [0.3, 0.4) is 0 Å². The number of benzene rings is 2. The average molecular weight is 389 g/mol. The highest BCUT2D eigenvalue weighted by Gasteiger charge is 2.09. The van der Waals surface area contributed by atoms with Gasteiger partial charge in [0.25, 0.3) is 0 Å². The van der Waals surface area contributed by atoms with Crippen molar-refractivity contribution < 1.29 is 9.50 Å². The maximum absolute atomic E-state index is 13.8. The first-order valence-corrected chi connectivity index (χ1v) is 9.12. The van der Waals surface area contributed by atoms with Crippen molar-refractivity contribution in [2.24, 2.45) is 0 Å². The van der Waals surface area contributed by atoms with E-state index < -0.39 is 6.10 Å². The Balaban J connectivity index is 0.00000261. The highest BCUT2D eigenvalue weighted by Crippen LogP contribution is 2.20. The average Bonchev–Trinajstić information content (AvgIpc) is 2.67. The third-order valence-corrected chi connectivity index (χ3v) is 4.73. The maximum Gasteiger partial charge on any atom is 0.149 e. The highest BCUT2D eigenvalue weighted by molar-refractivity contribution is 5.85. The normalized spacial score (nSPS) is 13.1. The Labute approximate surface area is 166 Å². The number of halogens is 2. The van der Waals surface area contributed by atoms with Crippen LogP contribution in [0.4, 0.5) is 4.39 Å². The number of hydrogen-bond acceptors (Lipinski definition) is 3. The molecule has 2 aromatic carbocycles. The Morgan fingerprint density at radius 3 is 2.63 bits per heavy atom. The quantitative estimate of drug-likeness (QED) is 0.559. The summed E-state index contributed by atoms with van der Waals surface area (Å²) in [5.41, 5.74) is 2.03. The summed E-state index contributed by atoms with van der Waals surface area (Å²) in [6, 6.07) is 15.9. The SMILES string of the molecule is C[C@H](CCCC(O)c1ccccc1)NCc1ccc2cncc(F)c2c1.Cl. The molecule has 2 atom stereocenters. The van der Waals surface area contributed by atoms with E-state index in [2.05, 4.69) is 17.2 Å². The topological polar surface area (TPSA) is 45.1 Å². The number of aliphatic hydroxyl groups excluding tert-OH is 1. The Hall–Kier alpha value is -2.01. The van der Waals surface area contributed by atoms with Crippen LogP contribution < -0.4 is 5.32 Å². The van der Waals surface area contributed by atoms with Crippen molar-refractivity contribution >= 4 is 23.2 Å². The number of pyridine rings is 1. The van der Waals surface area contributed by atoms with Gasteiger partial charge in [-0.1, -0.05) is 42.5 Å². The molecule has 0 radical (unpaired) electrons. The summed E-state index contributed by atoms with van der Waals surface area (Å²) in [6.07, 6.45) is 5.21. The lowest BCUT2D eigenvalue weighted by Gasteiger charge is -2.16. The Morgan fingerprint density at radius 1 is 1.07 bits per heavy atom. The van der Waals surface area contributed by atoms with Crippen molar-refractivity contribution in [3.8, 4) is 0 Å². The van der Waals surface area contributed by atoms with Gasteiger partial charge in [-0.3, -0.25) is 4.98 Å².